The number of hydrogen-bond donors (Lipinski definition) is 1. The van der Waals surface area contributed by atoms with E-state index in [1.54, 1.807) is 24.8 Å². The minimum absolute atomic E-state index is 0.217. The van der Waals surface area contributed by atoms with Gasteiger partial charge in [-0.05, 0) is 26.0 Å². The molecule has 2 atom stereocenters. The van der Waals surface area contributed by atoms with Gasteiger partial charge in [0.2, 0.25) is 11.7 Å². The fraction of sp³-hybridized carbons (Fsp3) is 0.357. The van der Waals surface area contributed by atoms with Crippen molar-refractivity contribution in [3.63, 3.8) is 0 Å². The maximum absolute atomic E-state index is 5.22. The molecule has 0 aromatic carbocycles. The third-order valence-electron chi connectivity index (χ3n) is 3.49. The molecule has 110 valence electrons. The molecule has 0 spiro atoms. The molecule has 0 aliphatic rings. The summed E-state index contributed by atoms with van der Waals surface area (Å²) in [4.78, 5) is 4.32. The van der Waals surface area contributed by atoms with Crippen LogP contribution in [0.4, 0.5) is 0 Å². The van der Waals surface area contributed by atoms with E-state index < -0.39 is 0 Å². The minimum Gasteiger partial charge on any atom is -0.472 e. The number of hydrogen-bond acceptors (Lipinski definition) is 6. The first-order chi connectivity index (χ1) is 10.2. The average molecular weight is 287 g/mol. The summed E-state index contributed by atoms with van der Waals surface area (Å²) in [6.07, 6.45) is 6.90. The summed E-state index contributed by atoms with van der Waals surface area (Å²) in [6, 6.07) is 4.16. The monoisotopic (exact) mass is 287 g/mol. The lowest BCUT2D eigenvalue weighted by atomic mass is 10.2. The van der Waals surface area contributed by atoms with Gasteiger partial charge in [-0.1, -0.05) is 5.16 Å². The van der Waals surface area contributed by atoms with Gasteiger partial charge in [0.25, 0.3) is 0 Å². The Bertz CT molecular complexity index is 659. The predicted octanol–water partition coefficient (Wildman–Crippen LogP) is 2.27. The van der Waals surface area contributed by atoms with Gasteiger partial charge in [0.1, 0.15) is 6.26 Å². The lowest BCUT2D eigenvalue weighted by molar-refractivity contribution is 0.325. The molecular weight excluding hydrogens is 270 g/mol. The summed E-state index contributed by atoms with van der Waals surface area (Å²) < 4.78 is 12.1. The molecule has 3 aromatic heterocycles. The van der Waals surface area contributed by atoms with Crippen LogP contribution in [0.15, 0.2) is 46.0 Å². The molecule has 0 unspecified atom stereocenters. The van der Waals surface area contributed by atoms with E-state index in [9.17, 15) is 0 Å². The summed E-state index contributed by atoms with van der Waals surface area (Å²) in [5.74, 6) is 1.08. The fourth-order valence-corrected chi connectivity index (χ4v) is 2.01. The summed E-state index contributed by atoms with van der Waals surface area (Å²) in [6.45, 7) is 4.71. The zero-order valence-electron chi connectivity index (χ0n) is 11.9. The van der Waals surface area contributed by atoms with Crippen LogP contribution in [0.1, 0.15) is 25.8 Å². The second-order valence-corrected chi connectivity index (χ2v) is 4.92. The van der Waals surface area contributed by atoms with E-state index in [2.05, 4.69) is 34.4 Å². The third-order valence-corrected chi connectivity index (χ3v) is 3.49. The molecule has 0 radical (unpaired) electrons. The maximum atomic E-state index is 5.22. The van der Waals surface area contributed by atoms with Gasteiger partial charge in [0.15, 0.2) is 0 Å². The van der Waals surface area contributed by atoms with E-state index in [0.29, 0.717) is 18.3 Å². The summed E-state index contributed by atoms with van der Waals surface area (Å²) in [5.41, 5.74) is 0.808. The second-order valence-electron chi connectivity index (χ2n) is 4.92. The molecule has 1 N–H and O–H groups in total. The molecule has 0 aliphatic carbocycles. The van der Waals surface area contributed by atoms with E-state index in [0.717, 1.165) is 5.56 Å². The molecule has 0 fully saturated rings. The van der Waals surface area contributed by atoms with Gasteiger partial charge in [-0.15, -0.1) is 0 Å². The van der Waals surface area contributed by atoms with Crippen LogP contribution in [0, 0.1) is 0 Å². The van der Waals surface area contributed by atoms with Crippen molar-refractivity contribution < 1.29 is 8.94 Å². The highest BCUT2D eigenvalue weighted by Gasteiger charge is 2.15. The van der Waals surface area contributed by atoms with Crippen molar-refractivity contribution in [2.24, 2.45) is 0 Å². The van der Waals surface area contributed by atoms with E-state index in [-0.39, 0.29) is 12.1 Å². The molecule has 0 saturated carbocycles. The molecule has 3 heterocycles. The highest BCUT2D eigenvalue weighted by molar-refractivity contribution is 5.51. The largest absolute Gasteiger partial charge is 0.472 e. The van der Waals surface area contributed by atoms with E-state index in [1.165, 1.54) is 0 Å². The molecule has 3 aromatic rings. The van der Waals surface area contributed by atoms with Crippen LogP contribution in [0.2, 0.25) is 0 Å². The summed E-state index contributed by atoms with van der Waals surface area (Å²) >= 11 is 0. The molecule has 21 heavy (non-hydrogen) atoms. The molecule has 0 saturated heterocycles. The molecule has 7 heteroatoms. The number of nitrogens with one attached hydrogen (secondary N) is 1. The fourth-order valence-electron chi connectivity index (χ4n) is 2.01. The van der Waals surface area contributed by atoms with Gasteiger partial charge in [-0.2, -0.15) is 10.1 Å². The Hall–Kier alpha value is -2.41. The Labute approximate surface area is 122 Å². The van der Waals surface area contributed by atoms with Gasteiger partial charge in [-0.25, -0.2) is 0 Å². The number of furan rings is 1. The minimum atomic E-state index is 0.217. The Balaban J connectivity index is 1.58. The lowest BCUT2D eigenvalue weighted by Gasteiger charge is -2.20. The van der Waals surface area contributed by atoms with Crippen molar-refractivity contribution in [3.05, 3.63) is 42.9 Å². The SMILES string of the molecule is C[C@H](NCc1nc(-c2ccoc2)no1)[C@@H](C)n1cccn1. The molecular formula is C14H17N5O2. The number of nitrogens with zero attached hydrogens (tertiary/aromatic N) is 4. The summed E-state index contributed by atoms with van der Waals surface area (Å²) in [7, 11) is 0. The third kappa shape index (κ3) is 3.03. The highest BCUT2D eigenvalue weighted by atomic mass is 16.5. The van der Waals surface area contributed by atoms with E-state index in [1.807, 2.05) is 16.9 Å². The van der Waals surface area contributed by atoms with Gasteiger partial charge in [0, 0.05) is 18.4 Å². The molecule has 0 amide bonds. The van der Waals surface area contributed by atoms with Crippen molar-refractivity contribution >= 4 is 0 Å². The number of rotatable bonds is 6. The predicted molar refractivity (Wildman–Crippen MR) is 75.2 cm³/mol. The van der Waals surface area contributed by atoms with Crippen molar-refractivity contribution in [2.75, 3.05) is 0 Å². The maximum Gasteiger partial charge on any atom is 0.240 e. The van der Waals surface area contributed by atoms with Crippen molar-refractivity contribution in [1.82, 2.24) is 25.2 Å². The molecule has 0 aliphatic heterocycles. The summed E-state index contributed by atoms with van der Waals surface area (Å²) in [5, 5.41) is 11.5. The van der Waals surface area contributed by atoms with Crippen LogP contribution in [0.5, 0.6) is 0 Å². The van der Waals surface area contributed by atoms with Crippen LogP contribution in [-0.4, -0.2) is 26.0 Å². The van der Waals surface area contributed by atoms with Crippen molar-refractivity contribution in [2.45, 2.75) is 32.5 Å². The van der Waals surface area contributed by atoms with Crippen molar-refractivity contribution in [3.8, 4) is 11.4 Å². The first-order valence-corrected chi connectivity index (χ1v) is 6.81. The molecule has 7 nitrogen and oxygen atoms in total. The van der Waals surface area contributed by atoms with Gasteiger partial charge < -0.3 is 14.3 Å². The van der Waals surface area contributed by atoms with Crippen LogP contribution in [0.3, 0.4) is 0 Å². The van der Waals surface area contributed by atoms with Crippen molar-refractivity contribution in [1.29, 1.82) is 0 Å². The lowest BCUT2D eigenvalue weighted by Crippen LogP contribution is -2.33. The Morgan fingerprint density at radius 3 is 3.00 bits per heavy atom. The Morgan fingerprint density at radius 2 is 2.29 bits per heavy atom. The normalized spacial score (nSPS) is 14.2. The van der Waals surface area contributed by atoms with E-state index >= 15 is 0 Å². The number of aromatic nitrogens is 4. The zero-order chi connectivity index (χ0) is 14.7. The first kappa shape index (κ1) is 13.6. The van der Waals surface area contributed by atoms with Crippen LogP contribution in [-0.2, 0) is 6.54 Å². The quantitative estimate of drug-likeness (QED) is 0.749. The zero-order valence-corrected chi connectivity index (χ0v) is 11.9. The standard InChI is InChI=1S/C14H17N5O2/c1-10(11(2)19-6-3-5-16-19)15-8-13-17-14(18-21-13)12-4-7-20-9-12/h3-7,9-11,15H,8H2,1-2H3/t10-,11+/m0/s1. The van der Waals surface area contributed by atoms with E-state index in [4.69, 9.17) is 8.94 Å². The van der Waals surface area contributed by atoms with Gasteiger partial charge >= 0.3 is 0 Å². The van der Waals surface area contributed by atoms with Gasteiger partial charge in [0.05, 0.1) is 24.4 Å². The first-order valence-electron chi connectivity index (χ1n) is 6.81. The topological polar surface area (TPSA) is 81.9 Å². The van der Waals surface area contributed by atoms with Crippen LogP contribution in [0.25, 0.3) is 11.4 Å². The smallest absolute Gasteiger partial charge is 0.240 e. The average Bonchev–Trinajstić information content (AvgIpc) is 3.25. The Kier molecular flexibility index (Phi) is 3.83. The van der Waals surface area contributed by atoms with Crippen LogP contribution >= 0.6 is 0 Å². The Morgan fingerprint density at radius 1 is 1.38 bits per heavy atom. The molecule has 3 rings (SSSR count). The highest BCUT2D eigenvalue weighted by Crippen LogP contribution is 2.16. The van der Waals surface area contributed by atoms with Gasteiger partial charge in [-0.3, -0.25) is 4.68 Å². The van der Waals surface area contributed by atoms with Crippen LogP contribution < -0.4 is 5.32 Å². The second kappa shape index (κ2) is 5.92. The molecule has 0 bridgehead atoms.